The molecular formula is C22H27ClF3N3O8S. The molecule has 0 saturated heterocycles. The van der Waals surface area contributed by atoms with E-state index in [0.29, 0.717) is 37.6 Å². The fourth-order valence-corrected chi connectivity index (χ4v) is 3.63. The molecule has 0 unspecified atom stereocenters. The molecular weight excluding hydrogens is 559 g/mol. The van der Waals surface area contributed by atoms with Gasteiger partial charge in [-0.2, -0.15) is 26.3 Å². The first-order chi connectivity index (χ1) is 17.9. The van der Waals surface area contributed by atoms with Gasteiger partial charge in [0.05, 0.1) is 12.2 Å². The van der Waals surface area contributed by atoms with Crippen molar-refractivity contribution in [3.63, 3.8) is 0 Å². The summed E-state index contributed by atoms with van der Waals surface area (Å²) in [5.41, 5.74) is -0.787. The van der Waals surface area contributed by atoms with E-state index in [2.05, 4.69) is 19.2 Å². The Kier molecular flexibility index (Phi) is 12.3. The Bertz CT molecular complexity index is 1170. The standard InChI is InChI=1S/C22H27ClF3N3O8S/c1-3-34-8-4-7-29-38(31,32)37-21(30)28-13-15-5-6-17(35-10-9-33-2)12-19(15)36-20-18(23)11-16(14-27-20)22(24,25)26/h5-6,11-12,14,29H,3-4,7-10,13H2,1-2H3,(H,28,30). The van der Waals surface area contributed by atoms with Crippen molar-refractivity contribution in [1.82, 2.24) is 15.0 Å². The minimum atomic E-state index is -4.65. The fraction of sp³-hybridized carbons (Fsp3) is 0.455. The van der Waals surface area contributed by atoms with E-state index in [1.54, 1.807) is 6.92 Å². The second kappa shape index (κ2) is 14.9. The van der Waals surface area contributed by atoms with Gasteiger partial charge in [0, 0.05) is 51.2 Å². The van der Waals surface area contributed by atoms with Crippen LogP contribution in [0.1, 0.15) is 24.5 Å². The lowest BCUT2D eigenvalue weighted by atomic mass is 10.2. The maximum absolute atomic E-state index is 12.9. The van der Waals surface area contributed by atoms with Gasteiger partial charge >= 0.3 is 22.6 Å². The quantitative estimate of drug-likeness (QED) is 0.297. The SMILES string of the molecule is CCOCCCNS(=O)(=O)OC(=O)NCc1ccc(OCCOC)cc1Oc1ncc(C(F)(F)F)cc1Cl. The van der Waals surface area contributed by atoms with Crippen molar-refractivity contribution in [3.8, 4) is 17.4 Å². The summed E-state index contributed by atoms with van der Waals surface area (Å²) in [5.74, 6) is -0.00659. The number of ether oxygens (including phenoxy) is 4. The maximum atomic E-state index is 12.9. The van der Waals surface area contributed by atoms with Gasteiger partial charge in [0.25, 0.3) is 0 Å². The summed E-state index contributed by atoms with van der Waals surface area (Å²) in [6.07, 6.45) is -5.00. The smallest absolute Gasteiger partial charge is 0.423 e. The molecule has 0 radical (unpaired) electrons. The van der Waals surface area contributed by atoms with Gasteiger partial charge < -0.3 is 28.4 Å². The second-order valence-corrected chi connectivity index (χ2v) is 9.12. The molecule has 1 aromatic carbocycles. The molecule has 1 heterocycles. The monoisotopic (exact) mass is 585 g/mol. The Morgan fingerprint density at radius 1 is 1.16 bits per heavy atom. The van der Waals surface area contributed by atoms with E-state index in [1.807, 2.05) is 0 Å². The van der Waals surface area contributed by atoms with Crippen molar-refractivity contribution in [2.24, 2.45) is 0 Å². The number of hydrogen-bond acceptors (Lipinski definition) is 9. The van der Waals surface area contributed by atoms with Crippen LogP contribution in [0.15, 0.2) is 30.5 Å². The van der Waals surface area contributed by atoms with Crippen LogP contribution in [0.5, 0.6) is 17.4 Å². The van der Waals surface area contributed by atoms with Crippen LogP contribution in [0, 0.1) is 0 Å². The van der Waals surface area contributed by atoms with Crippen LogP contribution in [-0.4, -0.2) is 59.6 Å². The van der Waals surface area contributed by atoms with Crippen molar-refractivity contribution >= 4 is 28.0 Å². The van der Waals surface area contributed by atoms with Gasteiger partial charge in [-0.05, 0) is 31.5 Å². The molecule has 1 amide bonds. The number of carbonyl (C=O) groups is 1. The van der Waals surface area contributed by atoms with E-state index >= 15 is 0 Å². The first-order valence-corrected chi connectivity index (χ1v) is 12.9. The van der Waals surface area contributed by atoms with Gasteiger partial charge in [0.1, 0.15) is 23.1 Å². The molecule has 212 valence electrons. The van der Waals surface area contributed by atoms with E-state index in [-0.39, 0.29) is 43.5 Å². The van der Waals surface area contributed by atoms with Crippen molar-refractivity contribution in [2.75, 3.05) is 40.1 Å². The number of pyridine rings is 1. The molecule has 0 aliphatic rings. The Morgan fingerprint density at radius 2 is 1.92 bits per heavy atom. The molecule has 2 N–H and O–H groups in total. The number of rotatable bonds is 15. The lowest BCUT2D eigenvalue weighted by molar-refractivity contribution is -0.137. The summed E-state index contributed by atoms with van der Waals surface area (Å²) in [5, 5.41) is 1.85. The number of methoxy groups -OCH3 is 1. The predicted octanol–water partition coefficient (Wildman–Crippen LogP) is 4.06. The molecule has 0 saturated carbocycles. The molecule has 0 atom stereocenters. The summed E-state index contributed by atoms with van der Waals surface area (Å²) in [6.45, 7) is 2.80. The van der Waals surface area contributed by atoms with Crippen LogP contribution in [0.2, 0.25) is 5.02 Å². The van der Waals surface area contributed by atoms with Crippen molar-refractivity contribution in [2.45, 2.75) is 26.1 Å². The molecule has 16 heteroatoms. The summed E-state index contributed by atoms with van der Waals surface area (Å²) >= 11 is 5.94. The van der Waals surface area contributed by atoms with Crippen LogP contribution in [-0.2, 0) is 36.7 Å². The molecule has 0 spiro atoms. The zero-order chi connectivity index (χ0) is 28.2. The van der Waals surface area contributed by atoms with E-state index in [1.165, 1.54) is 25.3 Å². The third-order valence-electron chi connectivity index (χ3n) is 4.49. The average Bonchev–Trinajstić information content (AvgIpc) is 2.84. The number of nitrogens with one attached hydrogen (secondary N) is 2. The topological polar surface area (TPSA) is 134 Å². The number of amides is 1. The number of hydrogen-bond donors (Lipinski definition) is 2. The first kappa shape index (κ1) is 31.4. The number of halogens is 4. The van der Waals surface area contributed by atoms with Crippen LogP contribution in [0.3, 0.4) is 0 Å². The van der Waals surface area contributed by atoms with Crippen LogP contribution in [0.25, 0.3) is 0 Å². The fourth-order valence-electron chi connectivity index (χ4n) is 2.71. The summed E-state index contributed by atoms with van der Waals surface area (Å²) in [7, 11) is -2.89. The number of benzene rings is 1. The van der Waals surface area contributed by atoms with Gasteiger partial charge in [-0.3, -0.25) is 0 Å². The lowest BCUT2D eigenvalue weighted by Crippen LogP contribution is -2.34. The summed E-state index contributed by atoms with van der Waals surface area (Å²) in [6, 6.07) is 5.06. The molecule has 0 bridgehead atoms. The van der Waals surface area contributed by atoms with Crippen molar-refractivity contribution in [3.05, 3.63) is 46.6 Å². The van der Waals surface area contributed by atoms with E-state index in [4.69, 9.17) is 30.5 Å². The van der Waals surface area contributed by atoms with Gasteiger partial charge in [-0.25, -0.2) is 9.78 Å². The lowest BCUT2D eigenvalue weighted by Gasteiger charge is -2.15. The molecule has 0 fully saturated rings. The molecule has 1 aromatic heterocycles. The number of carbonyl (C=O) groups excluding carboxylic acids is 1. The Labute approximate surface area is 222 Å². The maximum Gasteiger partial charge on any atom is 0.423 e. The molecule has 0 aliphatic carbocycles. The highest BCUT2D eigenvalue weighted by molar-refractivity contribution is 7.85. The zero-order valence-electron chi connectivity index (χ0n) is 20.5. The number of alkyl halides is 3. The van der Waals surface area contributed by atoms with Crippen molar-refractivity contribution < 1.29 is 49.5 Å². The first-order valence-electron chi connectivity index (χ1n) is 11.1. The highest BCUT2D eigenvalue weighted by Gasteiger charge is 2.32. The largest absolute Gasteiger partial charge is 0.491 e. The number of aromatic nitrogens is 1. The van der Waals surface area contributed by atoms with Crippen LogP contribution < -0.4 is 19.5 Å². The third kappa shape index (κ3) is 10.9. The van der Waals surface area contributed by atoms with Gasteiger partial charge in [-0.1, -0.05) is 11.6 Å². The molecule has 38 heavy (non-hydrogen) atoms. The van der Waals surface area contributed by atoms with Gasteiger partial charge in [-0.15, -0.1) is 0 Å². The average molecular weight is 586 g/mol. The third-order valence-corrected chi connectivity index (χ3v) is 5.69. The Hall–Kier alpha value is -2.85. The van der Waals surface area contributed by atoms with Crippen LogP contribution in [0.4, 0.5) is 18.0 Å². The Balaban J connectivity index is 2.12. The van der Waals surface area contributed by atoms with E-state index in [0.717, 1.165) is 0 Å². The van der Waals surface area contributed by atoms with Crippen molar-refractivity contribution in [1.29, 1.82) is 0 Å². The second-order valence-electron chi connectivity index (χ2n) is 7.34. The minimum Gasteiger partial charge on any atom is -0.491 e. The van der Waals surface area contributed by atoms with Gasteiger partial charge in [0.15, 0.2) is 0 Å². The molecule has 11 nitrogen and oxygen atoms in total. The van der Waals surface area contributed by atoms with Crippen LogP contribution >= 0.6 is 11.6 Å². The summed E-state index contributed by atoms with van der Waals surface area (Å²) in [4.78, 5) is 15.7. The highest BCUT2D eigenvalue weighted by Crippen LogP contribution is 2.36. The predicted molar refractivity (Wildman–Crippen MR) is 129 cm³/mol. The normalized spacial score (nSPS) is 11.7. The number of nitrogens with zero attached hydrogens (tertiary/aromatic N) is 1. The Morgan fingerprint density at radius 3 is 2.58 bits per heavy atom. The molecule has 2 rings (SSSR count). The molecule has 0 aliphatic heterocycles. The zero-order valence-corrected chi connectivity index (χ0v) is 22.0. The highest BCUT2D eigenvalue weighted by atomic mass is 35.5. The molecule has 2 aromatic rings. The van der Waals surface area contributed by atoms with E-state index in [9.17, 15) is 26.4 Å². The van der Waals surface area contributed by atoms with Gasteiger partial charge in [0.2, 0.25) is 5.88 Å². The van der Waals surface area contributed by atoms with E-state index < -0.39 is 33.2 Å². The summed E-state index contributed by atoms with van der Waals surface area (Å²) < 4.78 is 90.3. The minimum absolute atomic E-state index is 0.000969.